The van der Waals surface area contributed by atoms with Gasteiger partial charge in [-0.1, -0.05) is 6.07 Å². The fraction of sp³-hybridized carbons (Fsp3) is 0.643. The third-order valence-electron chi connectivity index (χ3n) is 3.65. The molecule has 1 aromatic heterocycles. The highest BCUT2D eigenvalue weighted by atomic mass is 32.1. The number of thiophene rings is 1. The number of carbonyl (C=O) groups is 1. The molecule has 0 N–H and O–H groups in total. The van der Waals surface area contributed by atoms with Crippen molar-refractivity contribution in [3.05, 3.63) is 22.4 Å². The van der Waals surface area contributed by atoms with Crippen LogP contribution in [0.4, 0.5) is 0 Å². The number of ketones is 1. The van der Waals surface area contributed by atoms with E-state index in [9.17, 15) is 4.79 Å². The molecule has 1 saturated heterocycles. The predicted octanol–water partition coefficient (Wildman–Crippen LogP) is 2.35. The monoisotopic (exact) mass is 266 g/mol. The molecule has 1 unspecified atom stereocenters. The van der Waals surface area contributed by atoms with Crippen LogP contribution >= 0.6 is 11.3 Å². The lowest BCUT2D eigenvalue weighted by Crippen LogP contribution is -2.31. The Kier molecular flexibility index (Phi) is 4.92. The van der Waals surface area contributed by atoms with Crippen molar-refractivity contribution in [3.63, 3.8) is 0 Å². The summed E-state index contributed by atoms with van der Waals surface area (Å²) >= 11 is 1.55. The van der Waals surface area contributed by atoms with Crippen LogP contribution in [0.5, 0.6) is 0 Å². The van der Waals surface area contributed by atoms with Gasteiger partial charge < -0.3 is 9.80 Å². The van der Waals surface area contributed by atoms with Crippen molar-refractivity contribution in [2.75, 3.05) is 33.7 Å². The second-order valence-corrected chi connectivity index (χ2v) is 6.16. The Morgan fingerprint density at radius 1 is 1.56 bits per heavy atom. The van der Waals surface area contributed by atoms with Gasteiger partial charge in [-0.25, -0.2) is 0 Å². The van der Waals surface area contributed by atoms with Crippen LogP contribution in [0.3, 0.4) is 0 Å². The zero-order valence-electron chi connectivity index (χ0n) is 11.3. The van der Waals surface area contributed by atoms with Gasteiger partial charge in [-0.2, -0.15) is 0 Å². The molecule has 1 atom stereocenters. The standard InChI is InChI=1S/C14H22N2OS/c1-15(2)12-7-9-16(11-12)8-3-5-13(17)14-6-4-10-18-14/h4,6,10,12H,3,5,7-9,11H2,1-2H3. The van der Waals surface area contributed by atoms with Crippen LogP contribution in [0.15, 0.2) is 17.5 Å². The molecule has 0 radical (unpaired) electrons. The van der Waals surface area contributed by atoms with E-state index in [0.29, 0.717) is 18.2 Å². The third kappa shape index (κ3) is 3.64. The highest BCUT2D eigenvalue weighted by Crippen LogP contribution is 2.15. The zero-order valence-corrected chi connectivity index (χ0v) is 12.1. The maximum absolute atomic E-state index is 11.8. The number of Topliss-reactive ketones (excluding diaryl/α,β-unsaturated/α-hetero) is 1. The molecule has 2 heterocycles. The molecular weight excluding hydrogens is 244 g/mol. The van der Waals surface area contributed by atoms with Gasteiger partial charge in [0.1, 0.15) is 0 Å². The number of rotatable bonds is 6. The Hall–Kier alpha value is -0.710. The second-order valence-electron chi connectivity index (χ2n) is 5.21. The lowest BCUT2D eigenvalue weighted by atomic mass is 10.2. The predicted molar refractivity (Wildman–Crippen MR) is 76.4 cm³/mol. The minimum absolute atomic E-state index is 0.299. The number of hydrogen-bond donors (Lipinski definition) is 0. The minimum Gasteiger partial charge on any atom is -0.305 e. The molecule has 18 heavy (non-hydrogen) atoms. The van der Waals surface area contributed by atoms with E-state index in [0.717, 1.165) is 24.4 Å². The minimum atomic E-state index is 0.299. The quantitative estimate of drug-likeness (QED) is 0.738. The fourth-order valence-electron chi connectivity index (χ4n) is 2.46. The Balaban J connectivity index is 1.66. The number of nitrogens with zero attached hydrogens (tertiary/aromatic N) is 2. The van der Waals surface area contributed by atoms with Gasteiger partial charge in [0.2, 0.25) is 0 Å². The highest BCUT2D eigenvalue weighted by Gasteiger charge is 2.23. The van der Waals surface area contributed by atoms with E-state index < -0.39 is 0 Å². The molecule has 3 nitrogen and oxygen atoms in total. The van der Waals surface area contributed by atoms with E-state index in [-0.39, 0.29) is 0 Å². The van der Waals surface area contributed by atoms with Crippen LogP contribution in [0.2, 0.25) is 0 Å². The number of hydrogen-bond acceptors (Lipinski definition) is 4. The van der Waals surface area contributed by atoms with Gasteiger partial charge in [-0.3, -0.25) is 4.79 Å². The van der Waals surface area contributed by atoms with Crippen LogP contribution in [0, 0.1) is 0 Å². The van der Waals surface area contributed by atoms with E-state index in [4.69, 9.17) is 0 Å². The Morgan fingerprint density at radius 3 is 3.00 bits per heavy atom. The first-order valence-corrected chi connectivity index (χ1v) is 7.50. The lowest BCUT2D eigenvalue weighted by molar-refractivity contribution is 0.0979. The highest BCUT2D eigenvalue weighted by molar-refractivity contribution is 7.12. The van der Waals surface area contributed by atoms with Gasteiger partial charge in [0.05, 0.1) is 4.88 Å². The number of likely N-dealkylation sites (tertiary alicyclic amines) is 1. The summed E-state index contributed by atoms with van der Waals surface area (Å²) in [5.74, 6) is 0.299. The zero-order chi connectivity index (χ0) is 13.0. The van der Waals surface area contributed by atoms with E-state index >= 15 is 0 Å². The van der Waals surface area contributed by atoms with Crippen LogP contribution in [0.25, 0.3) is 0 Å². The van der Waals surface area contributed by atoms with Crippen molar-refractivity contribution in [1.29, 1.82) is 0 Å². The van der Waals surface area contributed by atoms with Crippen molar-refractivity contribution in [2.45, 2.75) is 25.3 Å². The number of likely N-dealkylation sites (N-methyl/N-ethyl adjacent to an activating group) is 1. The van der Waals surface area contributed by atoms with Crippen molar-refractivity contribution in [2.24, 2.45) is 0 Å². The van der Waals surface area contributed by atoms with E-state index in [2.05, 4.69) is 23.9 Å². The summed E-state index contributed by atoms with van der Waals surface area (Å²) in [5.41, 5.74) is 0. The summed E-state index contributed by atoms with van der Waals surface area (Å²) in [6.07, 6.45) is 2.92. The maximum atomic E-state index is 11.8. The molecule has 0 saturated carbocycles. The maximum Gasteiger partial charge on any atom is 0.172 e. The molecule has 0 amide bonds. The molecule has 100 valence electrons. The molecule has 0 bridgehead atoms. The molecule has 4 heteroatoms. The first-order valence-electron chi connectivity index (χ1n) is 6.62. The smallest absolute Gasteiger partial charge is 0.172 e. The molecule has 2 rings (SSSR count). The second kappa shape index (κ2) is 6.45. The van der Waals surface area contributed by atoms with Crippen molar-refractivity contribution >= 4 is 17.1 Å². The first kappa shape index (κ1) is 13.7. The lowest BCUT2D eigenvalue weighted by Gasteiger charge is -2.20. The molecule has 0 aromatic carbocycles. The van der Waals surface area contributed by atoms with E-state index in [1.165, 1.54) is 13.0 Å². The molecule has 0 spiro atoms. The van der Waals surface area contributed by atoms with Crippen LogP contribution in [-0.2, 0) is 0 Å². The van der Waals surface area contributed by atoms with E-state index in [1.807, 2.05) is 17.5 Å². The molecule has 1 aliphatic heterocycles. The fourth-order valence-corrected chi connectivity index (χ4v) is 3.15. The van der Waals surface area contributed by atoms with Gasteiger partial charge in [0, 0.05) is 19.0 Å². The average Bonchev–Trinajstić information content (AvgIpc) is 3.00. The summed E-state index contributed by atoms with van der Waals surface area (Å²) in [7, 11) is 4.29. The molecular formula is C14H22N2OS. The summed E-state index contributed by atoms with van der Waals surface area (Å²) in [6.45, 7) is 3.39. The Labute approximate surface area is 113 Å². The SMILES string of the molecule is CN(C)C1CCN(CCCC(=O)c2cccs2)C1. The normalized spacial score (nSPS) is 20.7. The topological polar surface area (TPSA) is 23.6 Å². The first-order chi connectivity index (χ1) is 8.66. The summed E-state index contributed by atoms with van der Waals surface area (Å²) in [6, 6.07) is 4.56. The van der Waals surface area contributed by atoms with Gasteiger partial charge in [-0.05, 0) is 51.5 Å². The van der Waals surface area contributed by atoms with Crippen molar-refractivity contribution < 1.29 is 4.79 Å². The Morgan fingerprint density at radius 2 is 2.39 bits per heavy atom. The van der Waals surface area contributed by atoms with Gasteiger partial charge in [0.15, 0.2) is 5.78 Å². The van der Waals surface area contributed by atoms with E-state index in [1.54, 1.807) is 11.3 Å². The number of carbonyl (C=O) groups excluding carboxylic acids is 1. The van der Waals surface area contributed by atoms with Crippen molar-refractivity contribution in [3.8, 4) is 0 Å². The van der Waals surface area contributed by atoms with Gasteiger partial charge >= 0.3 is 0 Å². The molecule has 1 aromatic rings. The van der Waals surface area contributed by atoms with Crippen LogP contribution < -0.4 is 0 Å². The molecule has 1 fully saturated rings. The third-order valence-corrected chi connectivity index (χ3v) is 4.56. The average molecular weight is 266 g/mol. The van der Waals surface area contributed by atoms with Crippen LogP contribution in [0.1, 0.15) is 28.9 Å². The summed E-state index contributed by atoms with van der Waals surface area (Å²) in [5, 5.41) is 1.97. The largest absolute Gasteiger partial charge is 0.305 e. The van der Waals surface area contributed by atoms with Gasteiger partial charge in [0.25, 0.3) is 0 Å². The van der Waals surface area contributed by atoms with Crippen molar-refractivity contribution in [1.82, 2.24) is 9.80 Å². The molecule has 1 aliphatic rings. The van der Waals surface area contributed by atoms with Crippen LogP contribution in [-0.4, -0.2) is 55.4 Å². The van der Waals surface area contributed by atoms with Gasteiger partial charge in [-0.15, -0.1) is 11.3 Å². The Bertz CT molecular complexity index is 375. The summed E-state index contributed by atoms with van der Waals surface area (Å²) < 4.78 is 0. The molecule has 0 aliphatic carbocycles. The summed E-state index contributed by atoms with van der Waals surface area (Å²) in [4.78, 5) is 17.5.